The highest BCUT2D eigenvalue weighted by Crippen LogP contribution is 2.38. The van der Waals surface area contributed by atoms with Gasteiger partial charge in [0.2, 0.25) is 5.88 Å². The summed E-state index contributed by atoms with van der Waals surface area (Å²) in [5.74, 6) is 0.892. The first kappa shape index (κ1) is 21.2. The summed E-state index contributed by atoms with van der Waals surface area (Å²) in [4.78, 5) is 24.0. The molecule has 5 heterocycles. The fourth-order valence-electron chi connectivity index (χ4n) is 4.41. The molecule has 2 aliphatic rings. The number of hydrogen-bond donors (Lipinski definition) is 3. The molecule has 0 aromatic carbocycles. The summed E-state index contributed by atoms with van der Waals surface area (Å²) >= 11 is 0. The maximum atomic E-state index is 14.1. The van der Waals surface area contributed by atoms with Crippen molar-refractivity contribution in [2.75, 3.05) is 35.6 Å². The highest BCUT2D eigenvalue weighted by atomic mass is 19.1. The van der Waals surface area contributed by atoms with E-state index in [1.165, 1.54) is 16.8 Å². The average Bonchev–Trinajstić information content (AvgIpc) is 3.39. The molecule has 1 unspecified atom stereocenters. The zero-order valence-corrected chi connectivity index (χ0v) is 18.8. The van der Waals surface area contributed by atoms with Crippen LogP contribution in [-0.2, 0) is 0 Å². The number of anilines is 3. The van der Waals surface area contributed by atoms with Gasteiger partial charge >= 0.3 is 0 Å². The minimum Gasteiger partial charge on any atom is -0.473 e. The molecule has 1 saturated heterocycles. The first-order valence-corrected chi connectivity index (χ1v) is 11.1. The Balaban J connectivity index is 1.69. The van der Waals surface area contributed by atoms with Crippen LogP contribution in [0.1, 0.15) is 49.2 Å². The number of fused-ring (bicyclic) bond motifs is 2. The van der Waals surface area contributed by atoms with Gasteiger partial charge in [-0.05, 0) is 32.3 Å². The Hall–Kier alpha value is -3.63. The van der Waals surface area contributed by atoms with E-state index in [-0.39, 0.29) is 12.5 Å². The minimum absolute atomic E-state index is 0.225. The van der Waals surface area contributed by atoms with Gasteiger partial charge in [0.05, 0.1) is 25.0 Å². The summed E-state index contributed by atoms with van der Waals surface area (Å²) < 4.78 is 21.6. The lowest BCUT2D eigenvalue weighted by Crippen LogP contribution is -2.34. The predicted molar refractivity (Wildman–Crippen MR) is 122 cm³/mol. The van der Waals surface area contributed by atoms with Crippen LogP contribution in [0.15, 0.2) is 18.5 Å². The van der Waals surface area contributed by atoms with Crippen LogP contribution in [0.2, 0.25) is 0 Å². The Morgan fingerprint density at radius 3 is 2.85 bits per heavy atom. The van der Waals surface area contributed by atoms with Crippen molar-refractivity contribution in [1.29, 1.82) is 0 Å². The van der Waals surface area contributed by atoms with Gasteiger partial charge in [-0.1, -0.05) is 6.92 Å². The van der Waals surface area contributed by atoms with E-state index in [4.69, 9.17) is 15.5 Å². The third kappa shape index (κ3) is 3.77. The van der Waals surface area contributed by atoms with E-state index in [0.29, 0.717) is 45.9 Å². The van der Waals surface area contributed by atoms with Crippen molar-refractivity contribution in [3.63, 3.8) is 0 Å². The van der Waals surface area contributed by atoms with Crippen LogP contribution in [0.5, 0.6) is 5.88 Å². The Kier molecular flexibility index (Phi) is 5.18. The van der Waals surface area contributed by atoms with E-state index >= 15 is 0 Å². The van der Waals surface area contributed by atoms with Crippen LogP contribution >= 0.6 is 0 Å². The van der Waals surface area contributed by atoms with Gasteiger partial charge in [0.15, 0.2) is 17.3 Å². The average molecular weight is 455 g/mol. The first-order chi connectivity index (χ1) is 15.8. The highest BCUT2D eigenvalue weighted by Gasteiger charge is 2.29. The first-order valence-electron chi connectivity index (χ1n) is 11.1. The second-order valence-electron chi connectivity index (χ2n) is 8.88. The zero-order valence-electron chi connectivity index (χ0n) is 18.8. The lowest BCUT2D eigenvalue weighted by atomic mass is 10.1. The molecule has 0 radical (unpaired) electrons. The SMILES string of the molecule is CC1CCN(c2c3nc4c(cnn4c2N)C(=O)NC[C@H](C)Oc2ncc(F)cc2[C@@H](C)N3)C1. The van der Waals surface area contributed by atoms with E-state index in [1.807, 2.05) is 13.8 Å². The molecule has 1 amide bonds. The molecule has 10 nitrogen and oxygen atoms in total. The number of nitrogen functional groups attached to an aromatic ring is 1. The summed E-state index contributed by atoms with van der Waals surface area (Å²) in [7, 11) is 0. The zero-order chi connectivity index (χ0) is 23.3. The van der Waals surface area contributed by atoms with Gasteiger partial charge in [0.25, 0.3) is 5.91 Å². The highest BCUT2D eigenvalue weighted by molar-refractivity contribution is 6.00. The number of pyridine rings is 1. The number of carbonyl (C=O) groups excluding carboxylic acids is 1. The molecule has 174 valence electrons. The maximum Gasteiger partial charge on any atom is 0.256 e. The molecule has 5 rings (SSSR count). The maximum absolute atomic E-state index is 14.1. The van der Waals surface area contributed by atoms with Crippen molar-refractivity contribution in [3.8, 4) is 5.88 Å². The number of hydrogen-bond acceptors (Lipinski definition) is 8. The van der Waals surface area contributed by atoms with Gasteiger partial charge in [-0.15, -0.1) is 0 Å². The third-order valence-electron chi connectivity index (χ3n) is 6.17. The summed E-state index contributed by atoms with van der Waals surface area (Å²) in [5, 5.41) is 10.6. The fourth-order valence-corrected chi connectivity index (χ4v) is 4.41. The predicted octanol–water partition coefficient (Wildman–Crippen LogP) is 2.38. The Bertz CT molecular complexity index is 1230. The molecule has 0 aliphatic carbocycles. The van der Waals surface area contributed by atoms with Gasteiger partial charge in [-0.25, -0.2) is 14.4 Å². The number of aromatic nitrogens is 4. The van der Waals surface area contributed by atoms with Gasteiger partial charge in [-0.2, -0.15) is 9.61 Å². The monoisotopic (exact) mass is 454 g/mol. The molecule has 2 bridgehead atoms. The lowest BCUT2D eigenvalue weighted by Gasteiger charge is -2.26. The Labute approximate surface area is 190 Å². The molecule has 11 heteroatoms. The number of rotatable bonds is 1. The third-order valence-corrected chi connectivity index (χ3v) is 6.17. The topological polar surface area (TPSA) is 123 Å². The van der Waals surface area contributed by atoms with E-state index in [9.17, 15) is 9.18 Å². The van der Waals surface area contributed by atoms with Crippen molar-refractivity contribution in [1.82, 2.24) is 24.9 Å². The van der Waals surface area contributed by atoms with E-state index in [1.54, 1.807) is 0 Å². The molecule has 3 aromatic heterocycles. The second kappa shape index (κ2) is 8.05. The van der Waals surface area contributed by atoms with E-state index in [0.717, 1.165) is 25.7 Å². The van der Waals surface area contributed by atoms with Crippen molar-refractivity contribution in [2.45, 2.75) is 39.3 Å². The molecular formula is C22H27FN8O2. The molecule has 3 aromatic rings. The molecule has 33 heavy (non-hydrogen) atoms. The van der Waals surface area contributed by atoms with Crippen LogP contribution in [0, 0.1) is 11.7 Å². The smallest absolute Gasteiger partial charge is 0.256 e. The number of carbonyl (C=O) groups is 1. The van der Waals surface area contributed by atoms with E-state index < -0.39 is 18.0 Å². The van der Waals surface area contributed by atoms with Crippen LogP contribution < -0.4 is 26.0 Å². The van der Waals surface area contributed by atoms with Crippen LogP contribution in [0.3, 0.4) is 0 Å². The number of nitrogens with two attached hydrogens (primary N) is 1. The molecule has 0 spiro atoms. The molecule has 4 N–H and O–H groups in total. The quantitative estimate of drug-likeness (QED) is 0.512. The number of nitrogens with zero attached hydrogens (tertiary/aromatic N) is 5. The normalized spacial score (nSPS) is 23.2. The number of ether oxygens (including phenoxy) is 1. The summed E-state index contributed by atoms with van der Waals surface area (Å²) in [6.45, 7) is 7.75. The molecular weight excluding hydrogens is 427 g/mol. The van der Waals surface area contributed by atoms with Crippen molar-refractivity contribution >= 4 is 28.9 Å². The fraction of sp³-hybridized carbons (Fsp3) is 0.455. The Morgan fingerprint density at radius 1 is 1.27 bits per heavy atom. The van der Waals surface area contributed by atoms with Crippen molar-refractivity contribution in [3.05, 3.63) is 35.4 Å². The number of nitrogens with one attached hydrogen (secondary N) is 2. The Morgan fingerprint density at radius 2 is 2.09 bits per heavy atom. The van der Waals surface area contributed by atoms with Gasteiger partial charge in [0, 0.05) is 18.7 Å². The summed E-state index contributed by atoms with van der Waals surface area (Å²) in [6.07, 6.45) is 3.22. The molecule has 3 atom stereocenters. The van der Waals surface area contributed by atoms with Crippen LogP contribution in [0.4, 0.5) is 21.7 Å². The minimum atomic E-state index is -0.467. The molecule has 1 fully saturated rings. The van der Waals surface area contributed by atoms with Crippen LogP contribution in [-0.4, -0.2) is 51.2 Å². The van der Waals surface area contributed by atoms with Crippen molar-refractivity contribution in [2.24, 2.45) is 5.92 Å². The molecule has 0 saturated carbocycles. The molecule has 2 aliphatic heterocycles. The standard InChI is InChI=1S/C22H27FN8O2/c1-11-4-5-30(10-11)17-18(24)31-20-16(9-27-31)21(32)25-7-12(2)33-22-15(6-14(23)8-26-22)13(3)28-19(17)29-20/h6,8-9,11-13H,4-5,7,10,24H2,1-3H3,(H,25,32)(H,28,29)/t11?,12-,13+/m0/s1. The van der Waals surface area contributed by atoms with Gasteiger partial charge < -0.3 is 26.0 Å². The second-order valence-corrected chi connectivity index (χ2v) is 8.88. The summed E-state index contributed by atoms with van der Waals surface area (Å²) in [5.41, 5.74) is 8.50. The van der Waals surface area contributed by atoms with Gasteiger partial charge in [0.1, 0.15) is 23.2 Å². The number of halogens is 1. The summed E-state index contributed by atoms with van der Waals surface area (Å²) in [6, 6.07) is 0.994. The number of amides is 1. The van der Waals surface area contributed by atoms with Gasteiger partial charge in [-0.3, -0.25) is 4.79 Å². The van der Waals surface area contributed by atoms with Crippen molar-refractivity contribution < 1.29 is 13.9 Å². The van der Waals surface area contributed by atoms with Crippen LogP contribution in [0.25, 0.3) is 5.65 Å². The van der Waals surface area contributed by atoms with E-state index in [2.05, 4.69) is 32.5 Å². The lowest BCUT2D eigenvalue weighted by molar-refractivity contribution is 0.0932. The largest absolute Gasteiger partial charge is 0.473 e.